The van der Waals surface area contributed by atoms with Crippen molar-refractivity contribution in [3.05, 3.63) is 23.8 Å². The number of Topliss-reactive ketones (excluding diaryl/α,β-unsaturated/α-hetero) is 1. The van der Waals surface area contributed by atoms with Crippen molar-refractivity contribution in [2.24, 2.45) is 11.8 Å². The predicted octanol–water partition coefficient (Wildman–Crippen LogP) is 1.87. The first-order chi connectivity index (χ1) is 13.7. The van der Waals surface area contributed by atoms with Crippen molar-refractivity contribution < 1.29 is 38.4 Å². The molecule has 8 nitrogen and oxygen atoms in total. The van der Waals surface area contributed by atoms with Gasteiger partial charge in [0, 0.05) is 12.3 Å². The molecule has 2 rings (SSSR count). The van der Waals surface area contributed by atoms with Gasteiger partial charge in [0.25, 0.3) is 0 Å². The molecule has 1 aromatic rings. The van der Waals surface area contributed by atoms with Gasteiger partial charge in [0.2, 0.25) is 0 Å². The van der Waals surface area contributed by atoms with E-state index in [1.54, 1.807) is 32.0 Å². The molecule has 4 atom stereocenters. The fourth-order valence-corrected chi connectivity index (χ4v) is 3.94. The lowest BCUT2D eigenvalue weighted by Crippen LogP contribution is -2.55. The summed E-state index contributed by atoms with van der Waals surface area (Å²) in [5.41, 5.74) is -1.23. The van der Waals surface area contributed by atoms with E-state index in [4.69, 9.17) is 18.9 Å². The van der Waals surface area contributed by atoms with Crippen LogP contribution in [0.2, 0.25) is 0 Å². The number of ketones is 1. The van der Waals surface area contributed by atoms with Gasteiger partial charge in [0.15, 0.2) is 17.3 Å². The molecule has 0 aromatic heterocycles. The summed E-state index contributed by atoms with van der Waals surface area (Å²) < 4.78 is 20.9. The second kappa shape index (κ2) is 9.26. The summed E-state index contributed by atoms with van der Waals surface area (Å²) in [4.78, 5) is 38.3. The lowest BCUT2D eigenvalue weighted by molar-refractivity contribution is -0.172. The number of aliphatic hydroxyl groups is 1. The fraction of sp³-hybridized carbons (Fsp3) is 0.571. The number of esters is 2. The van der Waals surface area contributed by atoms with E-state index in [9.17, 15) is 19.5 Å². The first-order valence-corrected chi connectivity index (χ1v) is 9.52. The van der Waals surface area contributed by atoms with E-state index in [0.29, 0.717) is 17.1 Å². The molecule has 8 heteroatoms. The molecule has 1 aliphatic rings. The van der Waals surface area contributed by atoms with Crippen LogP contribution in [-0.4, -0.2) is 55.9 Å². The highest BCUT2D eigenvalue weighted by molar-refractivity contribution is 6.02. The van der Waals surface area contributed by atoms with Crippen molar-refractivity contribution >= 4 is 17.7 Å². The Kier molecular flexibility index (Phi) is 7.24. The number of carbonyl (C=O) groups excluding carboxylic acids is 3. The van der Waals surface area contributed by atoms with Gasteiger partial charge >= 0.3 is 11.9 Å². The zero-order chi connectivity index (χ0) is 21.8. The van der Waals surface area contributed by atoms with Crippen LogP contribution in [0.5, 0.6) is 11.5 Å². The summed E-state index contributed by atoms with van der Waals surface area (Å²) >= 11 is 0. The van der Waals surface area contributed by atoms with Gasteiger partial charge in [-0.25, -0.2) is 0 Å². The topological polar surface area (TPSA) is 108 Å². The lowest BCUT2D eigenvalue weighted by atomic mass is 9.61. The van der Waals surface area contributed by atoms with Crippen molar-refractivity contribution in [3.8, 4) is 11.5 Å². The molecule has 1 aliphatic carbocycles. The summed E-state index contributed by atoms with van der Waals surface area (Å²) in [7, 11) is 2.94. The third-order valence-corrected chi connectivity index (χ3v) is 5.14. The number of hydrogen-bond acceptors (Lipinski definition) is 8. The zero-order valence-electron chi connectivity index (χ0n) is 17.4. The molecule has 160 valence electrons. The molecule has 1 N–H and O–H groups in total. The minimum absolute atomic E-state index is 0.0851. The van der Waals surface area contributed by atoms with Crippen molar-refractivity contribution in [3.63, 3.8) is 0 Å². The average molecular weight is 408 g/mol. The SMILES string of the molecule is CCOC(=O)[C@@H]1C(=O)C[C@](C)(O)[C@@H](C(=O)OCC)[C@H]1c1ccc(OC)c(OC)c1. The van der Waals surface area contributed by atoms with Crippen LogP contribution in [0.15, 0.2) is 18.2 Å². The molecule has 0 bridgehead atoms. The second-order valence-corrected chi connectivity index (χ2v) is 7.10. The van der Waals surface area contributed by atoms with Crippen LogP contribution < -0.4 is 9.47 Å². The molecule has 0 heterocycles. The van der Waals surface area contributed by atoms with Crippen molar-refractivity contribution in [1.29, 1.82) is 0 Å². The maximum atomic E-state index is 12.8. The Morgan fingerprint density at radius 1 is 1.07 bits per heavy atom. The zero-order valence-corrected chi connectivity index (χ0v) is 17.4. The van der Waals surface area contributed by atoms with Crippen LogP contribution in [0.4, 0.5) is 0 Å². The van der Waals surface area contributed by atoms with E-state index >= 15 is 0 Å². The summed E-state index contributed by atoms with van der Waals surface area (Å²) in [5, 5.41) is 11.0. The molecule has 0 amide bonds. The number of benzene rings is 1. The minimum Gasteiger partial charge on any atom is -0.493 e. The van der Waals surface area contributed by atoms with Crippen LogP contribution >= 0.6 is 0 Å². The Balaban J connectivity index is 2.67. The fourth-order valence-electron chi connectivity index (χ4n) is 3.94. The number of ether oxygens (including phenoxy) is 4. The standard InChI is InChI=1S/C21H28O8/c1-6-28-19(23)17-13(22)11-21(3,25)18(20(24)29-7-2)16(17)12-8-9-14(26-4)15(10-12)27-5/h8-10,16-18,25H,6-7,11H2,1-5H3/t16-,17+,18+,21-/m0/s1. The van der Waals surface area contributed by atoms with Crippen LogP contribution in [0.3, 0.4) is 0 Å². The molecule has 0 saturated heterocycles. The predicted molar refractivity (Wildman–Crippen MR) is 103 cm³/mol. The Hall–Kier alpha value is -2.61. The third-order valence-electron chi connectivity index (χ3n) is 5.14. The monoisotopic (exact) mass is 408 g/mol. The minimum atomic E-state index is -1.69. The molecular weight excluding hydrogens is 380 g/mol. The van der Waals surface area contributed by atoms with E-state index in [1.807, 2.05) is 0 Å². The summed E-state index contributed by atoms with van der Waals surface area (Å²) in [6.45, 7) is 4.87. The molecule has 0 aliphatic heterocycles. The molecule has 0 unspecified atom stereocenters. The van der Waals surface area contributed by atoms with E-state index in [-0.39, 0.29) is 19.6 Å². The lowest BCUT2D eigenvalue weighted by Gasteiger charge is -2.43. The molecule has 1 fully saturated rings. The van der Waals surface area contributed by atoms with Crippen molar-refractivity contribution in [2.75, 3.05) is 27.4 Å². The van der Waals surface area contributed by atoms with Gasteiger partial charge in [-0.05, 0) is 38.5 Å². The largest absolute Gasteiger partial charge is 0.493 e. The van der Waals surface area contributed by atoms with Gasteiger partial charge in [-0.3, -0.25) is 14.4 Å². The van der Waals surface area contributed by atoms with Gasteiger partial charge in [-0.1, -0.05) is 6.07 Å². The molecular formula is C21H28O8. The van der Waals surface area contributed by atoms with E-state index in [0.717, 1.165) is 0 Å². The maximum absolute atomic E-state index is 12.8. The molecule has 0 spiro atoms. The summed E-state index contributed by atoms with van der Waals surface area (Å²) in [5.74, 6) is -4.46. The highest BCUT2D eigenvalue weighted by Gasteiger charge is 2.57. The Labute approximate surface area is 170 Å². The number of hydrogen-bond donors (Lipinski definition) is 1. The third kappa shape index (κ3) is 4.53. The smallest absolute Gasteiger partial charge is 0.317 e. The van der Waals surface area contributed by atoms with Gasteiger partial charge in [0.1, 0.15) is 5.92 Å². The van der Waals surface area contributed by atoms with Crippen LogP contribution in [0.25, 0.3) is 0 Å². The second-order valence-electron chi connectivity index (χ2n) is 7.10. The molecule has 29 heavy (non-hydrogen) atoms. The molecule has 1 aromatic carbocycles. The van der Waals surface area contributed by atoms with E-state index in [2.05, 4.69) is 0 Å². The van der Waals surface area contributed by atoms with E-state index in [1.165, 1.54) is 21.1 Å². The van der Waals surface area contributed by atoms with Crippen molar-refractivity contribution in [2.45, 2.75) is 38.7 Å². The summed E-state index contributed by atoms with van der Waals surface area (Å²) in [6, 6.07) is 4.85. The van der Waals surface area contributed by atoms with Gasteiger partial charge in [0.05, 0.1) is 39.0 Å². The number of methoxy groups -OCH3 is 2. The number of carbonyl (C=O) groups is 3. The summed E-state index contributed by atoms with van der Waals surface area (Å²) in [6.07, 6.45) is -0.357. The van der Waals surface area contributed by atoms with Gasteiger partial charge in [-0.2, -0.15) is 0 Å². The van der Waals surface area contributed by atoms with Gasteiger partial charge < -0.3 is 24.1 Å². The highest BCUT2D eigenvalue weighted by Crippen LogP contribution is 2.48. The van der Waals surface area contributed by atoms with E-state index < -0.39 is 41.1 Å². The Morgan fingerprint density at radius 2 is 1.66 bits per heavy atom. The maximum Gasteiger partial charge on any atom is 0.317 e. The quantitative estimate of drug-likeness (QED) is 0.538. The Bertz CT molecular complexity index is 770. The molecule has 0 radical (unpaired) electrons. The number of rotatable bonds is 7. The Morgan fingerprint density at radius 3 is 2.21 bits per heavy atom. The van der Waals surface area contributed by atoms with Crippen LogP contribution in [-0.2, 0) is 23.9 Å². The first-order valence-electron chi connectivity index (χ1n) is 9.52. The first kappa shape index (κ1) is 22.7. The van der Waals surface area contributed by atoms with Crippen LogP contribution in [0, 0.1) is 11.8 Å². The van der Waals surface area contributed by atoms with Crippen LogP contribution in [0.1, 0.15) is 38.7 Å². The molecule has 1 saturated carbocycles. The normalized spacial score (nSPS) is 26.6. The van der Waals surface area contributed by atoms with Gasteiger partial charge in [-0.15, -0.1) is 0 Å². The average Bonchev–Trinajstić information content (AvgIpc) is 2.66. The van der Waals surface area contributed by atoms with Crippen molar-refractivity contribution in [1.82, 2.24) is 0 Å². The highest BCUT2D eigenvalue weighted by atomic mass is 16.5.